The summed E-state index contributed by atoms with van der Waals surface area (Å²) in [7, 11) is 0. The third-order valence-electron chi connectivity index (χ3n) is 7.09. The first-order valence-electron chi connectivity index (χ1n) is 12.3. The molecule has 4 nitrogen and oxygen atoms in total. The van der Waals surface area contributed by atoms with Crippen molar-refractivity contribution in [3.8, 4) is 5.69 Å². The van der Waals surface area contributed by atoms with Crippen LogP contribution >= 0.6 is 12.2 Å². The van der Waals surface area contributed by atoms with Crippen LogP contribution in [0.1, 0.15) is 58.3 Å². The minimum absolute atomic E-state index is 0.0201. The predicted octanol–water partition coefficient (Wildman–Crippen LogP) is 6.85. The number of nitrogens with zero attached hydrogens (tertiary/aromatic N) is 3. The molecule has 35 heavy (non-hydrogen) atoms. The summed E-state index contributed by atoms with van der Waals surface area (Å²) < 4.78 is 2.43. The molecule has 3 heterocycles. The first-order chi connectivity index (χ1) is 16.9. The molecule has 5 rings (SSSR count). The molecule has 1 N–H and O–H groups in total. The summed E-state index contributed by atoms with van der Waals surface area (Å²) in [5, 5.41) is 4.33. The van der Waals surface area contributed by atoms with Crippen molar-refractivity contribution < 1.29 is 0 Å². The highest BCUT2D eigenvalue weighted by molar-refractivity contribution is 7.80. The van der Waals surface area contributed by atoms with Gasteiger partial charge in [-0.25, -0.2) is 0 Å². The van der Waals surface area contributed by atoms with Crippen LogP contribution in [0.5, 0.6) is 0 Å². The van der Waals surface area contributed by atoms with E-state index in [1.807, 2.05) is 18.3 Å². The molecule has 2 aromatic carbocycles. The van der Waals surface area contributed by atoms with Crippen LogP contribution in [0.2, 0.25) is 0 Å². The van der Waals surface area contributed by atoms with E-state index in [4.69, 9.17) is 17.2 Å². The summed E-state index contributed by atoms with van der Waals surface area (Å²) in [6.45, 7) is 11.0. The maximum absolute atomic E-state index is 5.94. The highest BCUT2D eigenvalue weighted by Crippen LogP contribution is 2.44. The number of nitrogens with one attached hydrogen (secondary N) is 1. The van der Waals surface area contributed by atoms with Crippen molar-refractivity contribution >= 4 is 23.0 Å². The Balaban J connectivity index is 1.72. The lowest BCUT2D eigenvalue weighted by Gasteiger charge is -2.28. The molecule has 1 aliphatic rings. The SMILES string of the molecule is CCc1cccc(C)c1-n1c(C)cc([C@@H]2[C@H](c3ccccn3)NC(=S)N2c2cccc(C)c2)c1C. The lowest BCUT2D eigenvalue weighted by molar-refractivity contribution is 0.565. The van der Waals surface area contributed by atoms with Gasteiger partial charge in [-0.2, -0.15) is 0 Å². The third-order valence-corrected chi connectivity index (χ3v) is 7.41. The summed E-state index contributed by atoms with van der Waals surface area (Å²) in [4.78, 5) is 6.99. The number of hydrogen-bond acceptors (Lipinski definition) is 2. The quantitative estimate of drug-likeness (QED) is 0.317. The van der Waals surface area contributed by atoms with Gasteiger partial charge < -0.3 is 14.8 Å². The van der Waals surface area contributed by atoms with Crippen molar-refractivity contribution in [3.05, 3.63) is 112 Å². The summed E-state index contributed by atoms with van der Waals surface area (Å²) in [6.07, 6.45) is 2.85. The normalized spacial score (nSPS) is 17.6. The van der Waals surface area contributed by atoms with Crippen LogP contribution in [0.25, 0.3) is 5.69 Å². The first kappa shape index (κ1) is 23.3. The molecule has 1 saturated heterocycles. The monoisotopic (exact) mass is 480 g/mol. The fraction of sp³-hybridized carbons (Fsp3) is 0.267. The molecule has 0 radical (unpaired) electrons. The fourth-order valence-electron chi connectivity index (χ4n) is 5.48. The fourth-order valence-corrected chi connectivity index (χ4v) is 5.83. The molecule has 0 saturated carbocycles. The van der Waals surface area contributed by atoms with Gasteiger partial charge in [0.1, 0.15) is 0 Å². The van der Waals surface area contributed by atoms with E-state index < -0.39 is 0 Å². The minimum atomic E-state index is -0.0549. The molecule has 0 bridgehead atoms. The van der Waals surface area contributed by atoms with Gasteiger partial charge in [-0.05, 0) is 98.9 Å². The van der Waals surface area contributed by atoms with Crippen LogP contribution in [-0.4, -0.2) is 14.7 Å². The standard InChI is InChI=1S/C30H32N4S/c1-6-23-13-10-12-20(3)28(23)33-21(4)18-25(22(33)5)29-27(26-15-7-8-16-31-26)32-30(35)34(29)24-14-9-11-19(2)17-24/h7-18,27,29H,6H2,1-5H3,(H,32,35)/t27-,29+/m0/s1. The van der Waals surface area contributed by atoms with Crippen LogP contribution in [0, 0.1) is 27.7 Å². The number of rotatable bonds is 5. The van der Waals surface area contributed by atoms with Gasteiger partial charge in [0.05, 0.1) is 23.5 Å². The summed E-state index contributed by atoms with van der Waals surface area (Å²) in [5.41, 5.74) is 11.0. The molecule has 0 spiro atoms. The number of para-hydroxylation sites is 1. The van der Waals surface area contributed by atoms with Crippen molar-refractivity contribution in [2.75, 3.05) is 4.90 Å². The molecule has 0 unspecified atom stereocenters. The van der Waals surface area contributed by atoms with Gasteiger partial charge in [-0.1, -0.05) is 43.3 Å². The summed E-state index contributed by atoms with van der Waals surface area (Å²) in [5.74, 6) is 0. The molecule has 0 amide bonds. The topological polar surface area (TPSA) is 33.1 Å². The maximum Gasteiger partial charge on any atom is 0.174 e. The molecule has 2 aromatic heterocycles. The zero-order valence-corrected chi connectivity index (χ0v) is 21.9. The highest BCUT2D eigenvalue weighted by Gasteiger charge is 2.42. The Hall–Kier alpha value is -3.44. The molecule has 0 aliphatic carbocycles. The van der Waals surface area contributed by atoms with E-state index >= 15 is 0 Å². The van der Waals surface area contributed by atoms with Crippen LogP contribution in [0.15, 0.2) is 72.9 Å². The van der Waals surface area contributed by atoms with Crippen molar-refractivity contribution in [1.29, 1.82) is 0 Å². The van der Waals surface area contributed by atoms with Gasteiger partial charge >= 0.3 is 0 Å². The van der Waals surface area contributed by atoms with Crippen molar-refractivity contribution in [3.63, 3.8) is 0 Å². The second kappa shape index (κ2) is 9.31. The Morgan fingerprint density at radius 3 is 2.46 bits per heavy atom. The predicted molar refractivity (Wildman–Crippen MR) is 148 cm³/mol. The average molecular weight is 481 g/mol. The Labute approximate surface area is 213 Å². The summed E-state index contributed by atoms with van der Waals surface area (Å²) in [6, 6.07) is 23.5. The number of pyridine rings is 1. The molecule has 2 atom stereocenters. The lowest BCUT2D eigenvalue weighted by atomic mass is 9.96. The van der Waals surface area contributed by atoms with Gasteiger partial charge in [0.15, 0.2) is 5.11 Å². The van der Waals surface area contributed by atoms with E-state index in [2.05, 4.69) is 104 Å². The third kappa shape index (κ3) is 4.04. The number of benzene rings is 2. The van der Waals surface area contributed by atoms with Crippen LogP contribution < -0.4 is 10.2 Å². The Kier molecular flexibility index (Phi) is 6.20. The largest absolute Gasteiger partial charge is 0.351 e. The first-order valence-corrected chi connectivity index (χ1v) is 12.7. The highest BCUT2D eigenvalue weighted by atomic mass is 32.1. The number of thiocarbonyl (C=S) groups is 1. The lowest BCUT2D eigenvalue weighted by Crippen LogP contribution is -2.29. The van der Waals surface area contributed by atoms with E-state index in [0.29, 0.717) is 0 Å². The van der Waals surface area contributed by atoms with E-state index in [1.54, 1.807) is 0 Å². The zero-order valence-electron chi connectivity index (χ0n) is 21.0. The van der Waals surface area contributed by atoms with Gasteiger partial charge in [-0.15, -0.1) is 0 Å². The molecule has 178 valence electrons. The van der Waals surface area contributed by atoms with Gasteiger partial charge in [0, 0.05) is 23.3 Å². The molecular weight excluding hydrogens is 448 g/mol. The molecule has 1 fully saturated rings. The van der Waals surface area contributed by atoms with Crippen molar-refractivity contribution in [2.45, 2.75) is 53.1 Å². The summed E-state index contributed by atoms with van der Waals surface area (Å²) >= 11 is 5.94. The van der Waals surface area contributed by atoms with Gasteiger partial charge in [-0.3, -0.25) is 4.98 Å². The number of aryl methyl sites for hydroxylation is 4. The van der Waals surface area contributed by atoms with Gasteiger partial charge in [0.2, 0.25) is 0 Å². The molecule has 5 heteroatoms. The van der Waals surface area contributed by atoms with E-state index in [9.17, 15) is 0 Å². The second-order valence-electron chi connectivity index (χ2n) is 9.43. The number of aromatic nitrogens is 2. The van der Waals surface area contributed by atoms with Crippen LogP contribution in [-0.2, 0) is 6.42 Å². The van der Waals surface area contributed by atoms with Crippen molar-refractivity contribution in [2.24, 2.45) is 0 Å². The van der Waals surface area contributed by atoms with Crippen LogP contribution in [0.3, 0.4) is 0 Å². The zero-order chi connectivity index (χ0) is 24.7. The van der Waals surface area contributed by atoms with Crippen molar-refractivity contribution in [1.82, 2.24) is 14.9 Å². The Morgan fingerprint density at radius 1 is 0.943 bits per heavy atom. The maximum atomic E-state index is 5.94. The smallest absolute Gasteiger partial charge is 0.174 e. The van der Waals surface area contributed by atoms with E-state index in [1.165, 1.54) is 39.3 Å². The number of hydrogen-bond donors (Lipinski definition) is 1. The van der Waals surface area contributed by atoms with E-state index in [0.717, 1.165) is 22.9 Å². The Morgan fingerprint density at radius 2 is 1.74 bits per heavy atom. The van der Waals surface area contributed by atoms with Gasteiger partial charge in [0.25, 0.3) is 0 Å². The molecule has 1 aliphatic heterocycles. The molecule has 4 aromatic rings. The van der Waals surface area contributed by atoms with E-state index in [-0.39, 0.29) is 12.1 Å². The number of anilines is 1. The average Bonchev–Trinajstić information content (AvgIpc) is 3.34. The van der Waals surface area contributed by atoms with Crippen LogP contribution in [0.4, 0.5) is 5.69 Å². The minimum Gasteiger partial charge on any atom is -0.351 e. The second-order valence-corrected chi connectivity index (χ2v) is 9.82. The molecular formula is C30H32N4S. The Bertz CT molecular complexity index is 1390.